The summed E-state index contributed by atoms with van der Waals surface area (Å²) in [5, 5.41) is 0.580. The van der Waals surface area contributed by atoms with Crippen LogP contribution in [0.4, 0.5) is 0 Å². The van der Waals surface area contributed by atoms with Crippen molar-refractivity contribution in [3.63, 3.8) is 0 Å². The zero-order valence-electron chi connectivity index (χ0n) is 8.15. The first-order valence-corrected chi connectivity index (χ1v) is 5.11. The molecule has 0 spiro atoms. The molecule has 0 unspecified atom stereocenters. The second kappa shape index (κ2) is 4.11. The fourth-order valence-corrected chi connectivity index (χ4v) is 1.81. The highest BCUT2D eigenvalue weighted by molar-refractivity contribution is 6.30. The molecule has 1 aliphatic rings. The second-order valence-corrected chi connectivity index (χ2v) is 4.08. The van der Waals surface area contributed by atoms with Gasteiger partial charge in [-0.2, -0.15) is 0 Å². The highest BCUT2D eigenvalue weighted by Crippen LogP contribution is 2.18. The SMILES string of the molecule is CN1CC(C=Cc2cccnc2Cl)C1. The molecule has 0 aliphatic carbocycles. The van der Waals surface area contributed by atoms with Crippen LogP contribution in [0.25, 0.3) is 6.08 Å². The van der Waals surface area contributed by atoms with Gasteiger partial charge in [-0.1, -0.05) is 29.8 Å². The predicted molar refractivity (Wildman–Crippen MR) is 59.3 cm³/mol. The van der Waals surface area contributed by atoms with Gasteiger partial charge < -0.3 is 4.90 Å². The summed E-state index contributed by atoms with van der Waals surface area (Å²) < 4.78 is 0. The summed E-state index contributed by atoms with van der Waals surface area (Å²) in [6, 6.07) is 3.88. The number of nitrogens with zero attached hydrogens (tertiary/aromatic N) is 2. The van der Waals surface area contributed by atoms with Crippen LogP contribution >= 0.6 is 11.6 Å². The third kappa shape index (κ3) is 2.14. The molecule has 3 heteroatoms. The Balaban J connectivity index is 2.00. The highest BCUT2D eigenvalue weighted by Gasteiger charge is 2.19. The molecule has 1 aliphatic heterocycles. The van der Waals surface area contributed by atoms with Gasteiger partial charge in [-0.25, -0.2) is 4.98 Å². The number of hydrogen-bond acceptors (Lipinski definition) is 2. The fourth-order valence-electron chi connectivity index (χ4n) is 1.63. The Morgan fingerprint density at radius 2 is 2.36 bits per heavy atom. The average Bonchev–Trinajstić information content (AvgIpc) is 2.13. The highest BCUT2D eigenvalue weighted by atomic mass is 35.5. The molecule has 2 rings (SSSR count). The number of pyridine rings is 1. The lowest BCUT2D eigenvalue weighted by atomic mass is 10.00. The minimum Gasteiger partial charge on any atom is -0.305 e. The standard InChI is InChI=1S/C11H13ClN2/c1-14-7-9(8-14)4-5-10-3-2-6-13-11(10)12/h2-6,9H,7-8H2,1H3. The number of rotatable bonds is 2. The first-order valence-electron chi connectivity index (χ1n) is 4.73. The number of aromatic nitrogens is 1. The van der Waals surface area contributed by atoms with E-state index in [1.54, 1.807) is 6.20 Å². The van der Waals surface area contributed by atoms with Gasteiger partial charge in [-0.3, -0.25) is 0 Å². The molecule has 0 aromatic carbocycles. The minimum absolute atomic E-state index is 0.580. The lowest BCUT2D eigenvalue weighted by molar-refractivity contribution is 0.170. The summed E-state index contributed by atoms with van der Waals surface area (Å²) in [5.74, 6) is 0.677. The molecule has 1 saturated heterocycles. The Hall–Kier alpha value is -0.860. The first kappa shape index (κ1) is 9.69. The van der Waals surface area contributed by atoms with Crippen molar-refractivity contribution in [2.45, 2.75) is 0 Å². The van der Waals surface area contributed by atoms with E-state index in [4.69, 9.17) is 11.6 Å². The van der Waals surface area contributed by atoms with E-state index in [9.17, 15) is 0 Å². The molecule has 14 heavy (non-hydrogen) atoms. The van der Waals surface area contributed by atoms with Crippen molar-refractivity contribution in [3.8, 4) is 0 Å². The maximum atomic E-state index is 5.92. The van der Waals surface area contributed by atoms with E-state index in [-0.39, 0.29) is 0 Å². The molecular weight excluding hydrogens is 196 g/mol. The smallest absolute Gasteiger partial charge is 0.136 e. The Kier molecular flexibility index (Phi) is 2.85. The second-order valence-electron chi connectivity index (χ2n) is 3.72. The quantitative estimate of drug-likeness (QED) is 0.694. The van der Waals surface area contributed by atoms with Gasteiger partial charge in [-0.05, 0) is 13.1 Å². The maximum Gasteiger partial charge on any atom is 0.136 e. The third-order valence-corrected chi connectivity index (χ3v) is 2.74. The summed E-state index contributed by atoms with van der Waals surface area (Å²) in [4.78, 5) is 6.31. The largest absolute Gasteiger partial charge is 0.305 e. The van der Waals surface area contributed by atoms with Crippen LogP contribution in [0.1, 0.15) is 5.56 Å². The van der Waals surface area contributed by atoms with Crippen LogP contribution in [0.2, 0.25) is 5.15 Å². The van der Waals surface area contributed by atoms with E-state index in [1.165, 1.54) is 0 Å². The molecule has 0 amide bonds. The van der Waals surface area contributed by atoms with Gasteiger partial charge in [-0.15, -0.1) is 0 Å². The van der Waals surface area contributed by atoms with E-state index >= 15 is 0 Å². The summed E-state index contributed by atoms with van der Waals surface area (Å²) in [5.41, 5.74) is 1.00. The van der Waals surface area contributed by atoms with Crippen molar-refractivity contribution in [1.82, 2.24) is 9.88 Å². The van der Waals surface area contributed by atoms with Crippen LogP contribution in [0.3, 0.4) is 0 Å². The Bertz CT molecular complexity index is 343. The lowest BCUT2D eigenvalue weighted by Crippen LogP contribution is -2.42. The van der Waals surface area contributed by atoms with Crippen LogP contribution in [0, 0.1) is 5.92 Å². The minimum atomic E-state index is 0.580. The van der Waals surface area contributed by atoms with Gasteiger partial charge in [0.15, 0.2) is 0 Å². The van der Waals surface area contributed by atoms with Gasteiger partial charge >= 0.3 is 0 Å². The molecule has 2 heterocycles. The lowest BCUT2D eigenvalue weighted by Gasteiger charge is -2.34. The summed E-state index contributed by atoms with van der Waals surface area (Å²) in [6.45, 7) is 2.29. The van der Waals surface area contributed by atoms with Crippen molar-refractivity contribution in [2.75, 3.05) is 20.1 Å². The van der Waals surface area contributed by atoms with Gasteiger partial charge in [0.1, 0.15) is 5.15 Å². The molecule has 0 N–H and O–H groups in total. The van der Waals surface area contributed by atoms with Gasteiger partial charge in [0.2, 0.25) is 0 Å². The Morgan fingerprint density at radius 1 is 1.57 bits per heavy atom. The summed E-state index contributed by atoms with van der Waals surface area (Å²) in [7, 11) is 2.13. The molecular formula is C11H13ClN2. The van der Waals surface area contributed by atoms with E-state index in [2.05, 4.69) is 29.1 Å². The molecule has 0 radical (unpaired) electrons. The van der Waals surface area contributed by atoms with Crippen LogP contribution in [-0.2, 0) is 0 Å². The fraction of sp³-hybridized carbons (Fsp3) is 0.364. The van der Waals surface area contributed by atoms with E-state index in [0.717, 1.165) is 18.7 Å². The summed E-state index contributed by atoms with van der Waals surface area (Å²) >= 11 is 5.92. The monoisotopic (exact) mass is 208 g/mol. The molecule has 2 nitrogen and oxygen atoms in total. The zero-order valence-corrected chi connectivity index (χ0v) is 8.91. The van der Waals surface area contributed by atoms with Gasteiger partial charge in [0.05, 0.1) is 0 Å². The van der Waals surface area contributed by atoms with Crippen molar-refractivity contribution in [2.24, 2.45) is 5.92 Å². The van der Waals surface area contributed by atoms with Crippen molar-refractivity contribution < 1.29 is 0 Å². The number of hydrogen-bond donors (Lipinski definition) is 0. The molecule has 0 saturated carbocycles. The molecule has 0 bridgehead atoms. The van der Waals surface area contributed by atoms with Gasteiger partial charge in [0.25, 0.3) is 0 Å². The molecule has 74 valence electrons. The Morgan fingerprint density at radius 3 is 3.00 bits per heavy atom. The van der Waals surface area contributed by atoms with Crippen molar-refractivity contribution in [1.29, 1.82) is 0 Å². The van der Waals surface area contributed by atoms with E-state index in [0.29, 0.717) is 11.1 Å². The molecule has 1 aromatic heterocycles. The number of halogens is 1. The van der Waals surface area contributed by atoms with Gasteiger partial charge in [0, 0.05) is 30.8 Å². The topological polar surface area (TPSA) is 16.1 Å². The van der Waals surface area contributed by atoms with Crippen LogP contribution < -0.4 is 0 Å². The predicted octanol–water partition coefficient (Wildman–Crippen LogP) is 2.31. The maximum absolute atomic E-state index is 5.92. The zero-order chi connectivity index (χ0) is 9.97. The number of likely N-dealkylation sites (tertiary alicyclic amines) is 1. The van der Waals surface area contributed by atoms with Crippen molar-refractivity contribution in [3.05, 3.63) is 35.1 Å². The molecule has 1 fully saturated rings. The summed E-state index contributed by atoms with van der Waals surface area (Å²) in [6.07, 6.45) is 5.98. The average molecular weight is 209 g/mol. The third-order valence-electron chi connectivity index (χ3n) is 2.43. The van der Waals surface area contributed by atoms with Crippen LogP contribution in [0.5, 0.6) is 0 Å². The van der Waals surface area contributed by atoms with E-state index in [1.807, 2.05) is 12.1 Å². The van der Waals surface area contributed by atoms with E-state index < -0.39 is 0 Å². The first-order chi connectivity index (χ1) is 6.75. The molecule has 1 aromatic rings. The Labute approximate surface area is 89.2 Å². The van der Waals surface area contributed by atoms with Crippen LogP contribution in [-0.4, -0.2) is 30.0 Å². The van der Waals surface area contributed by atoms with Crippen LogP contribution in [0.15, 0.2) is 24.4 Å². The van der Waals surface area contributed by atoms with Crippen molar-refractivity contribution >= 4 is 17.7 Å². The normalized spacial score (nSPS) is 18.7. The molecule has 0 atom stereocenters.